The van der Waals surface area contributed by atoms with Crippen molar-refractivity contribution in [3.8, 4) is 5.75 Å². The summed E-state index contributed by atoms with van der Waals surface area (Å²) in [5, 5.41) is 13.3. The molecule has 1 atom stereocenters. The van der Waals surface area contributed by atoms with Gasteiger partial charge in [0.05, 0.1) is 0 Å². The molecule has 2 rings (SSSR count). The zero-order valence-corrected chi connectivity index (χ0v) is 14.7. The second kappa shape index (κ2) is 7.38. The van der Waals surface area contributed by atoms with Gasteiger partial charge in [0.2, 0.25) is 0 Å². The van der Waals surface area contributed by atoms with E-state index in [1.807, 2.05) is 13.0 Å². The van der Waals surface area contributed by atoms with E-state index in [2.05, 4.69) is 37.2 Å². The van der Waals surface area contributed by atoms with Gasteiger partial charge >= 0.3 is 0 Å². The van der Waals surface area contributed by atoms with Gasteiger partial charge in [0.25, 0.3) is 0 Å². The first-order valence-electron chi connectivity index (χ1n) is 6.67. The molecule has 0 spiro atoms. The zero-order chi connectivity index (χ0) is 15.4. The van der Waals surface area contributed by atoms with E-state index >= 15 is 0 Å². The Hall–Kier alpha value is -0.910. The lowest BCUT2D eigenvalue weighted by Crippen LogP contribution is -2.21. The van der Waals surface area contributed by atoms with Crippen LogP contribution in [0.1, 0.15) is 30.5 Å². The Morgan fingerprint density at radius 2 is 1.81 bits per heavy atom. The van der Waals surface area contributed by atoms with Crippen LogP contribution in [-0.2, 0) is 6.54 Å². The van der Waals surface area contributed by atoms with Crippen molar-refractivity contribution in [3.05, 3.63) is 62.3 Å². The molecule has 0 heterocycles. The number of halogens is 3. The standard InChI is InChI=1S/C16H16Br2FNO/c1-2-15(13-8-12(18)4-6-16(13)21)20-9-10-7-11(17)3-5-14(10)19/h3-8,15,20-21H,2,9H2,1H3. The van der Waals surface area contributed by atoms with Crippen LogP contribution in [0.5, 0.6) is 5.75 Å². The van der Waals surface area contributed by atoms with Crippen molar-refractivity contribution in [2.24, 2.45) is 0 Å². The van der Waals surface area contributed by atoms with E-state index in [0.717, 1.165) is 20.9 Å². The largest absolute Gasteiger partial charge is 0.508 e. The third kappa shape index (κ3) is 4.28. The number of rotatable bonds is 5. The summed E-state index contributed by atoms with van der Waals surface area (Å²) in [5.41, 5.74) is 1.40. The second-order valence-electron chi connectivity index (χ2n) is 4.78. The van der Waals surface area contributed by atoms with Crippen LogP contribution in [0.2, 0.25) is 0 Å². The minimum Gasteiger partial charge on any atom is -0.508 e. The lowest BCUT2D eigenvalue weighted by molar-refractivity contribution is 0.438. The van der Waals surface area contributed by atoms with Gasteiger partial charge in [-0.3, -0.25) is 0 Å². The summed E-state index contributed by atoms with van der Waals surface area (Å²) in [7, 11) is 0. The molecule has 2 nitrogen and oxygen atoms in total. The fourth-order valence-corrected chi connectivity index (χ4v) is 2.98. The van der Waals surface area contributed by atoms with Crippen molar-refractivity contribution >= 4 is 31.9 Å². The third-order valence-corrected chi connectivity index (χ3v) is 4.31. The number of hydrogen-bond acceptors (Lipinski definition) is 2. The minimum absolute atomic E-state index is 0.0409. The lowest BCUT2D eigenvalue weighted by Gasteiger charge is -2.19. The fraction of sp³-hybridized carbons (Fsp3) is 0.250. The molecule has 2 N–H and O–H groups in total. The van der Waals surface area contributed by atoms with Gasteiger partial charge in [-0.1, -0.05) is 38.8 Å². The molecule has 0 aliphatic heterocycles. The maximum Gasteiger partial charge on any atom is 0.127 e. The van der Waals surface area contributed by atoms with Gasteiger partial charge in [0.1, 0.15) is 11.6 Å². The molecule has 2 aromatic rings. The van der Waals surface area contributed by atoms with Crippen LogP contribution in [0.3, 0.4) is 0 Å². The van der Waals surface area contributed by atoms with E-state index < -0.39 is 0 Å². The van der Waals surface area contributed by atoms with Crippen LogP contribution >= 0.6 is 31.9 Å². The smallest absolute Gasteiger partial charge is 0.127 e. The van der Waals surface area contributed by atoms with Crippen LogP contribution < -0.4 is 5.32 Å². The molecule has 1 unspecified atom stereocenters. The van der Waals surface area contributed by atoms with Gasteiger partial charge in [0, 0.05) is 32.7 Å². The van der Waals surface area contributed by atoms with Gasteiger partial charge in [-0.2, -0.15) is 0 Å². The number of phenols is 1. The van der Waals surface area contributed by atoms with E-state index in [0.29, 0.717) is 12.1 Å². The molecule has 0 fully saturated rings. The van der Waals surface area contributed by atoms with Crippen molar-refractivity contribution in [2.45, 2.75) is 25.9 Å². The van der Waals surface area contributed by atoms with Gasteiger partial charge in [-0.25, -0.2) is 4.39 Å². The monoisotopic (exact) mass is 415 g/mol. The summed E-state index contributed by atoms with van der Waals surface area (Å²) in [6.07, 6.45) is 0.791. The normalized spacial score (nSPS) is 12.4. The van der Waals surface area contributed by atoms with Gasteiger partial charge < -0.3 is 10.4 Å². The fourth-order valence-electron chi connectivity index (χ4n) is 2.19. The quantitative estimate of drug-likeness (QED) is 0.693. The van der Waals surface area contributed by atoms with Crippen LogP contribution in [-0.4, -0.2) is 5.11 Å². The number of benzene rings is 2. The summed E-state index contributed by atoms with van der Waals surface area (Å²) >= 11 is 6.75. The molecule has 0 saturated heterocycles. The van der Waals surface area contributed by atoms with Crippen molar-refractivity contribution in [1.82, 2.24) is 5.32 Å². The summed E-state index contributed by atoms with van der Waals surface area (Å²) in [5.74, 6) is 0.00582. The maximum atomic E-state index is 13.8. The van der Waals surface area contributed by atoms with E-state index in [4.69, 9.17) is 0 Å². The van der Waals surface area contributed by atoms with Gasteiger partial charge in [-0.15, -0.1) is 0 Å². The highest BCUT2D eigenvalue weighted by molar-refractivity contribution is 9.10. The van der Waals surface area contributed by atoms with Crippen molar-refractivity contribution in [3.63, 3.8) is 0 Å². The molecule has 112 valence electrons. The molecule has 0 aliphatic rings. The number of aromatic hydroxyl groups is 1. The molecule has 0 aliphatic carbocycles. The Bertz CT molecular complexity index is 634. The summed E-state index contributed by atoms with van der Waals surface area (Å²) < 4.78 is 15.5. The van der Waals surface area contributed by atoms with Crippen LogP contribution in [0.25, 0.3) is 0 Å². The summed E-state index contributed by atoms with van der Waals surface area (Å²) in [6.45, 7) is 2.42. The summed E-state index contributed by atoms with van der Waals surface area (Å²) in [6, 6.07) is 10.2. The summed E-state index contributed by atoms with van der Waals surface area (Å²) in [4.78, 5) is 0. The first kappa shape index (κ1) is 16.5. The predicted molar refractivity (Wildman–Crippen MR) is 89.8 cm³/mol. The molecule has 0 aromatic heterocycles. The van der Waals surface area contributed by atoms with Gasteiger partial charge in [-0.05, 0) is 42.8 Å². The molecule has 0 amide bonds. The second-order valence-corrected chi connectivity index (χ2v) is 6.61. The molecular weight excluding hydrogens is 401 g/mol. The molecule has 5 heteroatoms. The Morgan fingerprint density at radius 3 is 2.52 bits per heavy atom. The Kier molecular flexibility index (Phi) is 5.79. The molecule has 0 radical (unpaired) electrons. The van der Waals surface area contributed by atoms with Gasteiger partial charge in [0.15, 0.2) is 0 Å². The number of phenolic OH excluding ortho intramolecular Hbond substituents is 1. The van der Waals surface area contributed by atoms with E-state index in [9.17, 15) is 9.50 Å². The highest BCUT2D eigenvalue weighted by Crippen LogP contribution is 2.29. The van der Waals surface area contributed by atoms with Crippen molar-refractivity contribution in [1.29, 1.82) is 0 Å². The van der Waals surface area contributed by atoms with Crippen LogP contribution in [0, 0.1) is 5.82 Å². The average Bonchev–Trinajstić information content (AvgIpc) is 2.46. The highest BCUT2D eigenvalue weighted by Gasteiger charge is 2.14. The van der Waals surface area contributed by atoms with Crippen molar-refractivity contribution < 1.29 is 9.50 Å². The first-order valence-corrected chi connectivity index (χ1v) is 8.25. The molecule has 0 bridgehead atoms. The Labute approximate surface area is 140 Å². The predicted octanol–water partition coefficient (Wildman–Crippen LogP) is 5.30. The highest BCUT2D eigenvalue weighted by atomic mass is 79.9. The first-order chi connectivity index (χ1) is 10.0. The van der Waals surface area contributed by atoms with Crippen LogP contribution in [0.4, 0.5) is 4.39 Å². The molecular formula is C16H16Br2FNO. The topological polar surface area (TPSA) is 32.3 Å². The number of hydrogen-bond donors (Lipinski definition) is 2. The number of nitrogens with one attached hydrogen (secondary N) is 1. The Balaban J connectivity index is 2.16. The lowest BCUT2D eigenvalue weighted by atomic mass is 10.0. The SMILES string of the molecule is CCC(NCc1cc(Br)ccc1F)c1cc(Br)ccc1O. The van der Waals surface area contributed by atoms with Crippen LogP contribution in [0.15, 0.2) is 45.3 Å². The molecule has 0 saturated carbocycles. The average molecular weight is 417 g/mol. The molecule has 21 heavy (non-hydrogen) atoms. The van der Waals surface area contributed by atoms with Crippen molar-refractivity contribution in [2.75, 3.05) is 0 Å². The van der Waals surface area contributed by atoms with E-state index in [-0.39, 0.29) is 17.6 Å². The molecule has 2 aromatic carbocycles. The van der Waals surface area contributed by atoms with E-state index in [1.54, 1.807) is 24.3 Å². The van der Waals surface area contributed by atoms with E-state index in [1.165, 1.54) is 6.07 Å². The maximum absolute atomic E-state index is 13.8. The Morgan fingerprint density at radius 1 is 1.14 bits per heavy atom. The minimum atomic E-state index is -0.237. The third-order valence-electron chi connectivity index (χ3n) is 3.32. The zero-order valence-electron chi connectivity index (χ0n) is 11.5.